The topological polar surface area (TPSA) is 49.7 Å². The summed E-state index contributed by atoms with van der Waals surface area (Å²) in [6, 6.07) is 9.77. The normalized spacial score (nSPS) is 18.5. The number of aromatic nitrogens is 1. The lowest BCUT2D eigenvalue weighted by atomic mass is 10.2. The van der Waals surface area contributed by atoms with E-state index < -0.39 is 0 Å². The highest BCUT2D eigenvalue weighted by molar-refractivity contribution is 5.95. The molecule has 0 saturated carbocycles. The van der Waals surface area contributed by atoms with Crippen LogP contribution < -0.4 is 0 Å². The van der Waals surface area contributed by atoms with Gasteiger partial charge < -0.3 is 18.8 Å². The Hall–Kier alpha value is -1.85. The number of nitrogens with zero attached hydrogens (tertiary/aromatic N) is 1. The van der Waals surface area contributed by atoms with Crippen molar-refractivity contribution in [1.29, 1.82) is 0 Å². The smallest absolute Gasteiger partial charge is 0.354 e. The molecule has 1 aromatic heterocycles. The first-order valence-electron chi connectivity index (χ1n) is 7.69. The van der Waals surface area contributed by atoms with Crippen LogP contribution in [0.1, 0.15) is 29.8 Å². The van der Waals surface area contributed by atoms with Crippen molar-refractivity contribution < 1.29 is 19.0 Å². The second kappa shape index (κ2) is 6.94. The van der Waals surface area contributed by atoms with Gasteiger partial charge in [-0.05, 0) is 31.4 Å². The minimum absolute atomic E-state index is 0.114. The Labute approximate surface area is 129 Å². The fourth-order valence-electron chi connectivity index (χ4n) is 2.84. The fraction of sp³-hybridized carbons (Fsp3) is 0.471. The van der Waals surface area contributed by atoms with E-state index in [2.05, 4.69) is 0 Å². The molecule has 1 aliphatic heterocycles. The summed E-state index contributed by atoms with van der Waals surface area (Å²) in [5.74, 6) is -0.329. The molecule has 0 N–H and O–H groups in total. The SMILES string of the molecule is COC(=O)c1cc2ccccc2n1CCOC1CCCCO1. The van der Waals surface area contributed by atoms with Gasteiger partial charge in [0.2, 0.25) is 0 Å². The number of hydrogen-bond acceptors (Lipinski definition) is 4. The molecule has 1 aliphatic rings. The molecule has 118 valence electrons. The van der Waals surface area contributed by atoms with Gasteiger partial charge in [0.1, 0.15) is 5.69 Å². The van der Waals surface area contributed by atoms with Gasteiger partial charge in [-0.2, -0.15) is 0 Å². The third-order valence-electron chi connectivity index (χ3n) is 3.96. The Morgan fingerprint density at radius 3 is 3.00 bits per heavy atom. The molecule has 0 amide bonds. The zero-order valence-electron chi connectivity index (χ0n) is 12.8. The minimum Gasteiger partial charge on any atom is -0.464 e. The molecule has 0 spiro atoms. The summed E-state index contributed by atoms with van der Waals surface area (Å²) in [4.78, 5) is 12.0. The summed E-state index contributed by atoms with van der Waals surface area (Å²) in [7, 11) is 1.40. The maximum Gasteiger partial charge on any atom is 0.354 e. The highest BCUT2D eigenvalue weighted by Gasteiger charge is 2.17. The van der Waals surface area contributed by atoms with Gasteiger partial charge in [-0.1, -0.05) is 18.2 Å². The third-order valence-corrected chi connectivity index (χ3v) is 3.96. The average Bonchev–Trinajstić information content (AvgIpc) is 2.94. The van der Waals surface area contributed by atoms with E-state index in [1.54, 1.807) is 0 Å². The van der Waals surface area contributed by atoms with Gasteiger partial charge in [-0.25, -0.2) is 4.79 Å². The third kappa shape index (κ3) is 3.15. The molecule has 1 saturated heterocycles. The zero-order chi connectivity index (χ0) is 15.4. The molecule has 0 bridgehead atoms. The van der Waals surface area contributed by atoms with Crippen LogP contribution in [0.3, 0.4) is 0 Å². The molecule has 0 aliphatic carbocycles. The van der Waals surface area contributed by atoms with Crippen LogP contribution in [0.5, 0.6) is 0 Å². The summed E-state index contributed by atoms with van der Waals surface area (Å²) in [5.41, 5.74) is 1.56. The Morgan fingerprint density at radius 2 is 2.23 bits per heavy atom. The number of esters is 1. The molecule has 1 aromatic carbocycles. The van der Waals surface area contributed by atoms with E-state index in [4.69, 9.17) is 14.2 Å². The first-order chi connectivity index (χ1) is 10.8. The van der Waals surface area contributed by atoms with Crippen molar-refractivity contribution in [3.8, 4) is 0 Å². The number of ether oxygens (including phenoxy) is 3. The number of rotatable bonds is 5. The number of carbonyl (C=O) groups excluding carboxylic acids is 1. The molecule has 5 nitrogen and oxygen atoms in total. The van der Waals surface area contributed by atoms with Crippen molar-refractivity contribution in [2.45, 2.75) is 32.1 Å². The van der Waals surface area contributed by atoms with Crippen molar-refractivity contribution >= 4 is 16.9 Å². The van der Waals surface area contributed by atoms with Crippen molar-refractivity contribution in [1.82, 2.24) is 4.57 Å². The van der Waals surface area contributed by atoms with E-state index in [1.165, 1.54) is 7.11 Å². The Bertz CT molecular complexity index is 643. The number of hydrogen-bond donors (Lipinski definition) is 0. The van der Waals surface area contributed by atoms with Gasteiger partial charge in [0.25, 0.3) is 0 Å². The second-order valence-corrected chi connectivity index (χ2v) is 5.40. The Morgan fingerprint density at radius 1 is 1.36 bits per heavy atom. The zero-order valence-corrected chi connectivity index (χ0v) is 12.8. The molecule has 1 fully saturated rings. The van der Waals surface area contributed by atoms with Crippen LogP contribution in [-0.2, 0) is 20.8 Å². The van der Waals surface area contributed by atoms with Crippen LogP contribution in [0, 0.1) is 0 Å². The first-order valence-corrected chi connectivity index (χ1v) is 7.69. The van der Waals surface area contributed by atoms with Crippen molar-refractivity contribution in [2.75, 3.05) is 20.3 Å². The summed E-state index contributed by atoms with van der Waals surface area (Å²) in [5, 5.41) is 1.02. The maximum atomic E-state index is 12.0. The molecule has 1 unspecified atom stereocenters. The molecular formula is C17H21NO4. The molecule has 3 rings (SSSR count). The highest BCUT2D eigenvalue weighted by Crippen LogP contribution is 2.21. The van der Waals surface area contributed by atoms with Crippen LogP contribution >= 0.6 is 0 Å². The second-order valence-electron chi connectivity index (χ2n) is 5.40. The van der Waals surface area contributed by atoms with Gasteiger partial charge in [0.15, 0.2) is 6.29 Å². The van der Waals surface area contributed by atoms with E-state index in [0.29, 0.717) is 18.8 Å². The molecule has 22 heavy (non-hydrogen) atoms. The van der Waals surface area contributed by atoms with Gasteiger partial charge in [-0.15, -0.1) is 0 Å². The summed E-state index contributed by atoms with van der Waals surface area (Å²) >= 11 is 0. The van der Waals surface area contributed by atoms with Crippen molar-refractivity contribution in [3.05, 3.63) is 36.0 Å². The van der Waals surface area contributed by atoms with Gasteiger partial charge >= 0.3 is 5.97 Å². The van der Waals surface area contributed by atoms with E-state index in [9.17, 15) is 4.79 Å². The van der Waals surface area contributed by atoms with Gasteiger partial charge in [0, 0.05) is 24.1 Å². The van der Waals surface area contributed by atoms with Crippen LogP contribution in [0.4, 0.5) is 0 Å². The summed E-state index contributed by atoms with van der Waals surface area (Å²) in [6.45, 7) is 1.87. The monoisotopic (exact) mass is 303 g/mol. The average molecular weight is 303 g/mol. The van der Waals surface area contributed by atoms with Crippen molar-refractivity contribution in [3.63, 3.8) is 0 Å². The number of fused-ring (bicyclic) bond motifs is 1. The number of benzene rings is 1. The molecular weight excluding hydrogens is 282 g/mol. The lowest BCUT2D eigenvalue weighted by Gasteiger charge is -2.23. The first kappa shape index (κ1) is 15.1. The van der Waals surface area contributed by atoms with Crippen LogP contribution in [0.25, 0.3) is 10.9 Å². The van der Waals surface area contributed by atoms with Gasteiger partial charge in [-0.3, -0.25) is 0 Å². The predicted octanol–water partition coefficient (Wildman–Crippen LogP) is 2.97. The number of carbonyl (C=O) groups is 1. The number of methoxy groups -OCH3 is 1. The van der Waals surface area contributed by atoms with E-state index >= 15 is 0 Å². The van der Waals surface area contributed by atoms with Crippen LogP contribution in [0.15, 0.2) is 30.3 Å². The fourth-order valence-corrected chi connectivity index (χ4v) is 2.84. The van der Waals surface area contributed by atoms with Crippen LogP contribution in [0.2, 0.25) is 0 Å². The molecule has 5 heteroatoms. The Balaban J connectivity index is 1.74. The number of para-hydroxylation sites is 1. The van der Waals surface area contributed by atoms with E-state index in [1.807, 2.05) is 34.9 Å². The molecule has 1 atom stereocenters. The summed E-state index contributed by atoms with van der Waals surface area (Å²) < 4.78 is 18.2. The minimum atomic E-state index is -0.329. The molecule has 2 aromatic rings. The Kier molecular flexibility index (Phi) is 4.75. The lowest BCUT2D eigenvalue weighted by molar-refractivity contribution is -0.163. The maximum absolute atomic E-state index is 12.0. The lowest BCUT2D eigenvalue weighted by Crippen LogP contribution is -2.24. The quantitative estimate of drug-likeness (QED) is 0.797. The largest absolute Gasteiger partial charge is 0.464 e. The standard InChI is InChI=1S/C17H21NO4/c1-20-17(19)15-12-13-6-2-3-7-14(13)18(15)9-11-22-16-8-4-5-10-21-16/h2-3,6-7,12,16H,4-5,8-11H2,1H3. The van der Waals surface area contributed by atoms with E-state index in [-0.39, 0.29) is 12.3 Å². The van der Waals surface area contributed by atoms with E-state index in [0.717, 1.165) is 36.8 Å². The molecule has 0 radical (unpaired) electrons. The van der Waals surface area contributed by atoms with Crippen molar-refractivity contribution in [2.24, 2.45) is 0 Å². The summed E-state index contributed by atoms with van der Waals surface area (Å²) in [6.07, 6.45) is 3.08. The van der Waals surface area contributed by atoms with Crippen LogP contribution in [-0.4, -0.2) is 37.1 Å². The predicted molar refractivity (Wildman–Crippen MR) is 82.8 cm³/mol. The highest BCUT2D eigenvalue weighted by atomic mass is 16.7. The van der Waals surface area contributed by atoms with Gasteiger partial charge in [0.05, 0.1) is 13.7 Å². The molecule has 2 heterocycles.